The molecule has 0 fully saturated rings. The van der Waals surface area contributed by atoms with E-state index in [9.17, 15) is 0 Å². The maximum absolute atomic E-state index is 5.15. The number of hydrogen-bond acceptors (Lipinski definition) is 0. The molecule has 0 saturated carbocycles. The van der Waals surface area contributed by atoms with Crippen molar-refractivity contribution in [3.63, 3.8) is 0 Å². The van der Waals surface area contributed by atoms with Crippen LogP contribution in [0.25, 0.3) is 0 Å². The standard InChI is InChI=1S/C4H5Cl.4H2O.Ti/c1-3-4(2)5;;;;;/h3H,1-2H2;4*1H2;. The molecule has 0 aliphatic heterocycles. The zero-order valence-corrected chi connectivity index (χ0v) is 7.69. The van der Waals surface area contributed by atoms with Gasteiger partial charge in [0.25, 0.3) is 0 Å². The smallest absolute Gasteiger partial charge is 0.0328 e. The van der Waals surface area contributed by atoms with Crippen LogP contribution in [-0.2, 0) is 21.7 Å². The normalized spacial score (nSPS) is 3.30. The van der Waals surface area contributed by atoms with E-state index in [1.807, 2.05) is 0 Å². The monoisotopic (exact) mass is 208 g/mol. The Bertz CT molecular complexity index is 68.3. The Hall–Kier alpha value is 0.324. The summed E-state index contributed by atoms with van der Waals surface area (Å²) < 4.78 is 0. The Morgan fingerprint density at radius 2 is 1.20 bits per heavy atom. The average molecular weight is 208 g/mol. The van der Waals surface area contributed by atoms with Crippen molar-refractivity contribution in [1.29, 1.82) is 0 Å². The van der Waals surface area contributed by atoms with Crippen molar-refractivity contribution in [2.75, 3.05) is 0 Å². The SMILES string of the molecule is C=CC(=C)Cl.O.O.O.O.[Ti]. The summed E-state index contributed by atoms with van der Waals surface area (Å²) in [4.78, 5) is 0. The molecule has 6 heteroatoms. The minimum atomic E-state index is 0. The van der Waals surface area contributed by atoms with E-state index in [2.05, 4.69) is 13.2 Å². The Morgan fingerprint density at radius 1 is 1.10 bits per heavy atom. The fourth-order valence-electron chi connectivity index (χ4n) is 0. The quantitative estimate of drug-likeness (QED) is 0.372. The second kappa shape index (κ2) is 34.6. The van der Waals surface area contributed by atoms with E-state index < -0.39 is 0 Å². The Labute approximate surface area is 79.7 Å². The largest absolute Gasteiger partial charge is 0.412 e. The second-order valence-electron chi connectivity index (χ2n) is 0.651. The van der Waals surface area contributed by atoms with Gasteiger partial charge in [-0.1, -0.05) is 30.8 Å². The summed E-state index contributed by atoms with van der Waals surface area (Å²) in [5.74, 6) is 0. The van der Waals surface area contributed by atoms with Crippen LogP contribution in [0.1, 0.15) is 0 Å². The van der Waals surface area contributed by atoms with Gasteiger partial charge in [-0.2, -0.15) is 0 Å². The Morgan fingerprint density at radius 3 is 1.20 bits per heavy atom. The van der Waals surface area contributed by atoms with Crippen molar-refractivity contribution in [1.82, 2.24) is 0 Å². The van der Waals surface area contributed by atoms with Gasteiger partial charge in [-0.15, -0.1) is 0 Å². The number of rotatable bonds is 1. The fourth-order valence-corrected chi connectivity index (χ4v) is 0. The van der Waals surface area contributed by atoms with Gasteiger partial charge in [-0.25, -0.2) is 0 Å². The van der Waals surface area contributed by atoms with E-state index >= 15 is 0 Å². The van der Waals surface area contributed by atoms with Crippen LogP contribution in [-0.4, -0.2) is 21.9 Å². The predicted octanol–water partition coefficient (Wildman–Crippen LogP) is -1.38. The molecule has 0 aliphatic carbocycles. The number of allylic oxidation sites excluding steroid dienone is 2. The summed E-state index contributed by atoms with van der Waals surface area (Å²) in [6.07, 6.45) is 1.49. The molecule has 0 radical (unpaired) electrons. The third-order valence-corrected chi connectivity index (χ3v) is 0.376. The van der Waals surface area contributed by atoms with Crippen LogP contribution in [0.15, 0.2) is 24.3 Å². The molecule has 0 saturated heterocycles. The predicted molar refractivity (Wildman–Crippen MR) is 39.6 cm³/mol. The van der Waals surface area contributed by atoms with Crippen molar-refractivity contribution in [3.8, 4) is 0 Å². The van der Waals surface area contributed by atoms with Gasteiger partial charge in [0.05, 0.1) is 0 Å². The zero-order chi connectivity index (χ0) is 4.28. The van der Waals surface area contributed by atoms with Crippen molar-refractivity contribution < 1.29 is 43.6 Å². The first kappa shape index (κ1) is 48.0. The first-order chi connectivity index (χ1) is 2.27. The van der Waals surface area contributed by atoms with E-state index in [0.717, 1.165) is 0 Å². The molecule has 4 nitrogen and oxygen atoms in total. The van der Waals surface area contributed by atoms with Crippen LogP contribution >= 0.6 is 11.6 Å². The van der Waals surface area contributed by atoms with E-state index in [1.54, 1.807) is 0 Å². The summed E-state index contributed by atoms with van der Waals surface area (Å²) in [5, 5.41) is 0.491. The van der Waals surface area contributed by atoms with E-state index in [-0.39, 0.29) is 43.6 Å². The molecular weight excluding hydrogens is 195 g/mol. The molecule has 0 spiro atoms. The summed E-state index contributed by atoms with van der Waals surface area (Å²) in [7, 11) is 0. The topological polar surface area (TPSA) is 126 Å². The number of hydrogen-bond donors (Lipinski definition) is 0. The molecule has 8 N–H and O–H groups in total. The first-order valence-electron chi connectivity index (χ1n) is 1.24. The molecule has 0 rings (SSSR count). The van der Waals surface area contributed by atoms with Crippen molar-refractivity contribution in [2.24, 2.45) is 0 Å². The molecule has 64 valence electrons. The van der Waals surface area contributed by atoms with Crippen molar-refractivity contribution in [2.45, 2.75) is 0 Å². The third kappa shape index (κ3) is 82.7. The summed E-state index contributed by atoms with van der Waals surface area (Å²) in [5.41, 5.74) is 0. The maximum Gasteiger partial charge on any atom is 0.0328 e. The van der Waals surface area contributed by atoms with Gasteiger partial charge in [-0.3, -0.25) is 0 Å². The Balaban J connectivity index is -0.00000000800. The van der Waals surface area contributed by atoms with E-state index in [4.69, 9.17) is 11.6 Å². The molecule has 0 aromatic heterocycles. The molecule has 0 atom stereocenters. The van der Waals surface area contributed by atoms with Gasteiger partial charge < -0.3 is 21.9 Å². The van der Waals surface area contributed by atoms with Gasteiger partial charge >= 0.3 is 0 Å². The number of halogens is 1. The molecule has 10 heavy (non-hydrogen) atoms. The summed E-state index contributed by atoms with van der Waals surface area (Å²) in [6.45, 7) is 6.65. The van der Waals surface area contributed by atoms with Crippen molar-refractivity contribution in [3.05, 3.63) is 24.3 Å². The van der Waals surface area contributed by atoms with Gasteiger partial charge in [0, 0.05) is 26.8 Å². The van der Waals surface area contributed by atoms with Crippen LogP contribution < -0.4 is 0 Å². The van der Waals surface area contributed by atoms with Crippen LogP contribution in [0.4, 0.5) is 0 Å². The summed E-state index contributed by atoms with van der Waals surface area (Å²) >= 11 is 5.15. The minimum absolute atomic E-state index is 0. The molecule has 0 bridgehead atoms. The molecule has 0 heterocycles. The summed E-state index contributed by atoms with van der Waals surface area (Å²) in [6, 6.07) is 0. The van der Waals surface area contributed by atoms with E-state index in [1.165, 1.54) is 6.08 Å². The van der Waals surface area contributed by atoms with Gasteiger partial charge in [0.2, 0.25) is 0 Å². The molecule has 0 aromatic carbocycles. The van der Waals surface area contributed by atoms with Crippen LogP contribution in [0, 0.1) is 0 Å². The minimum Gasteiger partial charge on any atom is -0.412 e. The molecule has 0 aliphatic rings. The Kier molecular flexibility index (Phi) is 166. The molecule has 0 aromatic rings. The molecule has 0 unspecified atom stereocenters. The van der Waals surface area contributed by atoms with Gasteiger partial charge in [0.15, 0.2) is 0 Å². The van der Waals surface area contributed by atoms with Gasteiger partial charge in [0.1, 0.15) is 0 Å². The second-order valence-corrected chi connectivity index (χ2v) is 1.14. The van der Waals surface area contributed by atoms with Crippen LogP contribution in [0.2, 0.25) is 0 Å². The van der Waals surface area contributed by atoms with Crippen LogP contribution in [0.5, 0.6) is 0 Å². The average Bonchev–Trinajstić information content (AvgIpc) is 1.38. The van der Waals surface area contributed by atoms with Gasteiger partial charge in [-0.05, 0) is 0 Å². The van der Waals surface area contributed by atoms with Crippen LogP contribution in [0.3, 0.4) is 0 Å². The fraction of sp³-hybridized carbons (Fsp3) is 0. The molecule has 0 amide bonds. The van der Waals surface area contributed by atoms with E-state index in [0.29, 0.717) is 5.03 Å². The molecular formula is C4H13ClO4Ti. The van der Waals surface area contributed by atoms with Crippen molar-refractivity contribution >= 4 is 11.6 Å². The third-order valence-electron chi connectivity index (χ3n) is 0.221. The zero-order valence-electron chi connectivity index (χ0n) is 5.37. The maximum atomic E-state index is 5.15. The first-order valence-corrected chi connectivity index (χ1v) is 1.62.